The molecule has 0 bridgehead atoms. The molecule has 0 aromatic heterocycles. The van der Waals surface area contributed by atoms with Crippen LogP contribution in [0.3, 0.4) is 0 Å². The molecule has 4 nitrogen and oxygen atoms in total. The molecule has 0 amide bonds. The van der Waals surface area contributed by atoms with Crippen molar-refractivity contribution in [3.05, 3.63) is 74.3 Å². The fourth-order valence-electron chi connectivity index (χ4n) is 1.81. The van der Waals surface area contributed by atoms with Gasteiger partial charge in [-0.1, -0.05) is 23.7 Å². The summed E-state index contributed by atoms with van der Waals surface area (Å²) in [4.78, 5) is 9.73. The van der Waals surface area contributed by atoms with E-state index in [0.29, 0.717) is 18.7 Å². The largest absolute Gasteiger partial charge is 0.309 e. The molecule has 0 saturated carbocycles. The van der Waals surface area contributed by atoms with Gasteiger partial charge in [0.2, 0.25) is 5.82 Å². The lowest BCUT2D eigenvalue weighted by atomic mass is 10.2. The number of nitrogens with one attached hydrogen (secondary N) is 1. The molecule has 2 rings (SSSR count). The smallest absolute Gasteiger partial charge is 0.304 e. The molecule has 0 fully saturated rings. The van der Waals surface area contributed by atoms with E-state index in [9.17, 15) is 18.9 Å². The highest BCUT2D eigenvalue weighted by Gasteiger charge is 2.13. The van der Waals surface area contributed by atoms with Crippen molar-refractivity contribution in [3.63, 3.8) is 0 Å². The third-order valence-corrected chi connectivity index (χ3v) is 3.14. The van der Waals surface area contributed by atoms with E-state index in [4.69, 9.17) is 11.6 Å². The van der Waals surface area contributed by atoms with E-state index in [1.54, 1.807) is 6.07 Å². The van der Waals surface area contributed by atoms with Crippen molar-refractivity contribution in [3.8, 4) is 0 Å². The van der Waals surface area contributed by atoms with Gasteiger partial charge < -0.3 is 5.32 Å². The molecule has 0 atom stereocenters. The SMILES string of the molecule is O=[N+]([O-])c1ccc(CNCc2ccc(F)c(Cl)c2)cc1F. The zero-order valence-corrected chi connectivity index (χ0v) is 11.5. The highest BCUT2D eigenvalue weighted by Crippen LogP contribution is 2.18. The molecule has 7 heteroatoms. The van der Waals surface area contributed by atoms with Crippen molar-refractivity contribution >= 4 is 17.3 Å². The average molecular weight is 313 g/mol. The number of nitrogens with zero attached hydrogens (tertiary/aromatic N) is 1. The zero-order valence-electron chi connectivity index (χ0n) is 10.8. The summed E-state index contributed by atoms with van der Waals surface area (Å²) in [6.07, 6.45) is 0. The summed E-state index contributed by atoms with van der Waals surface area (Å²) < 4.78 is 26.4. The van der Waals surface area contributed by atoms with Crippen LogP contribution in [0.25, 0.3) is 0 Å². The Hall–Kier alpha value is -2.05. The number of hydrogen-bond acceptors (Lipinski definition) is 3. The molecule has 0 aliphatic heterocycles. The van der Waals surface area contributed by atoms with Gasteiger partial charge >= 0.3 is 5.69 Å². The first kappa shape index (κ1) is 15.3. The second kappa shape index (κ2) is 6.60. The van der Waals surface area contributed by atoms with Crippen molar-refractivity contribution < 1.29 is 13.7 Å². The van der Waals surface area contributed by atoms with E-state index < -0.39 is 22.2 Å². The third kappa shape index (κ3) is 3.96. The van der Waals surface area contributed by atoms with Crippen LogP contribution >= 0.6 is 11.6 Å². The van der Waals surface area contributed by atoms with Crippen molar-refractivity contribution in [2.24, 2.45) is 0 Å². The number of rotatable bonds is 5. The van der Waals surface area contributed by atoms with Crippen LogP contribution in [0, 0.1) is 21.7 Å². The number of nitro groups is 1. The molecule has 0 spiro atoms. The standard InChI is InChI=1S/C14H11ClF2N2O2/c15-11-5-9(1-3-12(11)16)7-18-8-10-2-4-14(19(20)21)13(17)6-10/h1-6,18H,7-8H2. The van der Waals surface area contributed by atoms with Crippen LogP contribution in [0.1, 0.15) is 11.1 Å². The van der Waals surface area contributed by atoms with Gasteiger partial charge in [-0.25, -0.2) is 4.39 Å². The molecule has 0 radical (unpaired) electrons. The van der Waals surface area contributed by atoms with Gasteiger partial charge in [-0.3, -0.25) is 10.1 Å². The topological polar surface area (TPSA) is 55.2 Å². The molecule has 0 saturated heterocycles. The van der Waals surface area contributed by atoms with E-state index in [2.05, 4.69) is 5.32 Å². The maximum Gasteiger partial charge on any atom is 0.304 e. The highest BCUT2D eigenvalue weighted by atomic mass is 35.5. The van der Waals surface area contributed by atoms with Gasteiger partial charge in [-0.05, 0) is 29.3 Å². The summed E-state index contributed by atoms with van der Waals surface area (Å²) in [6.45, 7) is 0.739. The first-order chi connectivity index (χ1) is 9.97. The quantitative estimate of drug-likeness (QED) is 0.674. The molecule has 21 heavy (non-hydrogen) atoms. The van der Waals surface area contributed by atoms with E-state index in [1.165, 1.54) is 18.2 Å². The minimum absolute atomic E-state index is 0.0377. The lowest BCUT2D eigenvalue weighted by Crippen LogP contribution is -2.13. The van der Waals surface area contributed by atoms with Crippen LogP contribution in [0.4, 0.5) is 14.5 Å². The van der Waals surface area contributed by atoms with Crippen LogP contribution in [-0.2, 0) is 13.1 Å². The van der Waals surface area contributed by atoms with Gasteiger partial charge in [0.05, 0.1) is 9.95 Å². The molecule has 0 heterocycles. The van der Waals surface area contributed by atoms with Crippen LogP contribution in [-0.4, -0.2) is 4.92 Å². The lowest BCUT2D eigenvalue weighted by molar-refractivity contribution is -0.387. The Morgan fingerprint density at radius 2 is 1.67 bits per heavy atom. The Kier molecular flexibility index (Phi) is 4.82. The van der Waals surface area contributed by atoms with Gasteiger partial charge in [-0.2, -0.15) is 4.39 Å². The van der Waals surface area contributed by atoms with Gasteiger partial charge in [-0.15, -0.1) is 0 Å². The van der Waals surface area contributed by atoms with E-state index in [0.717, 1.165) is 17.7 Å². The van der Waals surface area contributed by atoms with Crippen LogP contribution in [0.5, 0.6) is 0 Å². The third-order valence-electron chi connectivity index (χ3n) is 2.85. The molecule has 110 valence electrons. The molecule has 0 aliphatic rings. The highest BCUT2D eigenvalue weighted by molar-refractivity contribution is 6.30. The van der Waals surface area contributed by atoms with Gasteiger partial charge in [0, 0.05) is 19.2 Å². The monoisotopic (exact) mass is 312 g/mol. The lowest BCUT2D eigenvalue weighted by Gasteiger charge is -2.06. The maximum absolute atomic E-state index is 13.4. The first-order valence-corrected chi connectivity index (χ1v) is 6.42. The second-order valence-corrected chi connectivity index (χ2v) is 4.80. The van der Waals surface area contributed by atoms with Crippen molar-refractivity contribution in [2.75, 3.05) is 0 Å². The van der Waals surface area contributed by atoms with Crippen molar-refractivity contribution in [1.29, 1.82) is 0 Å². The van der Waals surface area contributed by atoms with Crippen LogP contribution in [0.2, 0.25) is 5.02 Å². The van der Waals surface area contributed by atoms with Crippen LogP contribution in [0.15, 0.2) is 36.4 Å². The number of nitro benzene ring substituents is 1. The molecular formula is C14H11ClF2N2O2. The number of hydrogen-bond donors (Lipinski definition) is 1. The van der Waals surface area contributed by atoms with Gasteiger partial charge in [0.15, 0.2) is 0 Å². The predicted molar refractivity (Wildman–Crippen MR) is 75.0 cm³/mol. The Morgan fingerprint density at radius 3 is 2.24 bits per heavy atom. The maximum atomic E-state index is 13.4. The fraction of sp³-hybridized carbons (Fsp3) is 0.143. The minimum Gasteiger partial charge on any atom is -0.309 e. The van der Waals surface area contributed by atoms with Crippen molar-refractivity contribution in [2.45, 2.75) is 13.1 Å². The molecule has 1 N–H and O–H groups in total. The molecule has 0 aliphatic carbocycles. The van der Waals surface area contributed by atoms with Gasteiger partial charge in [0.25, 0.3) is 0 Å². The minimum atomic E-state index is -0.871. The Balaban J connectivity index is 1.95. The molecule has 2 aromatic carbocycles. The van der Waals surface area contributed by atoms with Crippen molar-refractivity contribution in [1.82, 2.24) is 5.32 Å². The second-order valence-electron chi connectivity index (χ2n) is 4.39. The van der Waals surface area contributed by atoms with Crippen LogP contribution < -0.4 is 5.32 Å². The first-order valence-electron chi connectivity index (χ1n) is 6.05. The zero-order chi connectivity index (χ0) is 15.4. The number of halogens is 3. The fourth-order valence-corrected chi connectivity index (χ4v) is 2.01. The van der Waals surface area contributed by atoms with Gasteiger partial charge in [0.1, 0.15) is 5.82 Å². The summed E-state index contributed by atoms with van der Waals surface area (Å²) in [5.41, 5.74) is 0.805. The molecule has 2 aromatic rings. The Morgan fingerprint density at radius 1 is 1.05 bits per heavy atom. The summed E-state index contributed by atoms with van der Waals surface area (Å²) in [5, 5.41) is 13.6. The summed E-state index contributed by atoms with van der Waals surface area (Å²) in [6, 6.07) is 8.07. The number of benzene rings is 2. The normalized spacial score (nSPS) is 10.6. The average Bonchev–Trinajstić information content (AvgIpc) is 2.42. The summed E-state index contributed by atoms with van der Waals surface area (Å²) >= 11 is 5.66. The molecular weight excluding hydrogens is 302 g/mol. The summed E-state index contributed by atoms with van der Waals surface area (Å²) in [7, 11) is 0. The predicted octanol–water partition coefficient (Wildman–Crippen LogP) is 3.82. The molecule has 0 unspecified atom stereocenters. The van der Waals surface area contributed by atoms with E-state index in [-0.39, 0.29) is 5.02 Å². The Bertz CT molecular complexity index is 680. The van der Waals surface area contributed by atoms with E-state index in [1.807, 2.05) is 0 Å². The van der Waals surface area contributed by atoms with E-state index >= 15 is 0 Å². The summed E-state index contributed by atoms with van der Waals surface area (Å²) in [5.74, 6) is -1.36. The Labute approximate surface area is 124 Å².